The van der Waals surface area contributed by atoms with Gasteiger partial charge in [-0.3, -0.25) is 9.59 Å². The lowest BCUT2D eigenvalue weighted by atomic mass is 9.96. The molecule has 2 N–H and O–H groups in total. The van der Waals surface area contributed by atoms with Gasteiger partial charge in [-0.05, 0) is 68.5 Å². The molecule has 29 heavy (non-hydrogen) atoms. The molecule has 0 aromatic heterocycles. The Morgan fingerprint density at radius 2 is 1.76 bits per heavy atom. The number of nitrogens with one attached hydrogen (secondary N) is 2. The van der Waals surface area contributed by atoms with E-state index in [1.165, 1.54) is 5.56 Å². The van der Waals surface area contributed by atoms with Crippen molar-refractivity contribution in [1.82, 2.24) is 10.2 Å². The molecule has 0 aliphatic carbocycles. The Bertz CT molecular complexity index is 799. The van der Waals surface area contributed by atoms with Gasteiger partial charge in [-0.15, -0.1) is 0 Å². The van der Waals surface area contributed by atoms with Crippen molar-refractivity contribution in [3.8, 4) is 0 Å². The number of likely N-dealkylation sites (tertiary alicyclic amines) is 1. The SMILES string of the molecule is Cc1cccc(NC(=O)CC(=O)NCC2CCN(CCc3ccccc3)CC2)c1. The summed E-state index contributed by atoms with van der Waals surface area (Å²) in [5.41, 5.74) is 3.18. The topological polar surface area (TPSA) is 61.4 Å². The number of benzene rings is 2. The van der Waals surface area contributed by atoms with Crippen molar-refractivity contribution in [1.29, 1.82) is 0 Å². The number of rotatable bonds is 8. The average molecular weight is 394 g/mol. The van der Waals surface area contributed by atoms with Crippen LogP contribution in [0, 0.1) is 12.8 Å². The van der Waals surface area contributed by atoms with Crippen LogP contribution in [0.25, 0.3) is 0 Å². The summed E-state index contributed by atoms with van der Waals surface area (Å²) in [6.45, 7) is 5.85. The van der Waals surface area contributed by atoms with Gasteiger partial charge in [0.25, 0.3) is 0 Å². The number of hydrogen-bond donors (Lipinski definition) is 2. The van der Waals surface area contributed by atoms with Gasteiger partial charge >= 0.3 is 0 Å². The summed E-state index contributed by atoms with van der Waals surface area (Å²) in [7, 11) is 0. The second-order valence-corrected chi connectivity index (χ2v) is 7.92. The van der Waals surface area contributed by atoms with E-state index < -0.39 is 0 Å². The maximum atomic E-state index is 12.1. The quantitative estimate of drug-likeness (QED) is 0.676. The monoisotopic (exact) mass is 393 g/mol. The van der Waals surface area contributed by atoms with Crippen LogP contribution in [0.5, 0.6) is 0 Å². The Hall–Kier alpha value is -2.66. The van der Waals surface area contributed by atoms with Crippen molar-refractivity contribution in [2.75, 3.05) is 31.5 Å². The molecule has 2 amide bonds. The zero-order valence-corrected chi connectivity index (χ0v) is 17.2. The molecule has 0 unspecified atom stereocenters. The number of piperidine rings is 1. The Labute approximate surface area is 173 Å². The largest absolute Gasteiger partial charge is 0.355 e. The fourth-order valence-electron chi connectivity index (χ4n) is 3.74. The lowest BCUT2D eigenvalue weighted by Crippen LogP contribution is -2.40. The molecular formula is C24H31N3O2. The van der Waals surface area contributed by atoms with Crippen molar-refractivity contribution in [3.05, 3.63) is 65.7 Å². The summed E-state index contributed by atoms with van der Waals surface area (Å²) >= 11 is 0. The summed E-state index contributed by atoms with van der Waals surface area (Å²) in [5, 5.41) is 5.71. The van der Waals surface area contributed by atoms with E-state index in [0.717, 1.165) is 50.1 Å². The van der Waals surface area contributed by atoms with Gasteiger partial charge in [-0.25, -0.2) is 0 Å². The van der Waals surface area contributed by atoms with E-state index >= 15 is 0 Å². The first kappa shape index (κ1) is 21.1. The van der Waals surface area contributed by atoms with Crippen molar-refractivity contribution < 1.29 is 9.59 Å². The number of amides is 2. The summed E-state index contributed by atoms with van der Waals surface area (Å²) in [6, 6.07) is 18.2. The van der Waals surface area contributed by atoms with Gasteiger partial charge < -0.3 is 15.5 Å². The maximum Gasteiger partial charge on any atom is 0.233 e. The number of aryl methyl sites for hydroxylation is 1. The molecular weight excluding hydrogens is 362 g/mol. The summed E-state index contributed by atoms with van der Waals surface area (Å²) in [4.78, 5) is 26.6. The van der Waals surface area contributed by atoms with Gasteiger partial charge in [0, 0.05) is 18.8 Å². The van der Waals surface area contributed by atoms with Gasteiger partial charge in [-0.1, -0.05) is 42.5 Å². The number of carbonyl (C=O) groups is 2. The molecule has 1 aliphatic rings. The average Bonchev–Trinajstić information content (AvgIpc) is 2.72. The van der Waals surface area contributed by atoms with Gasteiger partial charge in [0.15, 0.2) is 0 Å². The first-order chi connectivity index (χ1) is 14.1. The molecule has 1 fully saturated rings. The highest BCUT2D eigenvalue weighted by Crippen LogP contribution is 2.17. The minimum atomic E-state index is -0.274. The van der Waals surface area contributed by atoms with Gasteiger partial charge in [0.05, 0.1) is 0 Å². The molecule has 5 nitrogen and oxygen atoms in total. The van der Waals surface area contributed by atoms with Gasteiger partial charge in [-0.2, -0.15) is 0 Å². The van der Waals surface area contributed by atoms with Crippen LogP contribution in [-0.2, 0) is 16.0 Å². The lowest BCUT2D eigenvalue weighted by Gasteiger charge is -2.32. The molecule has 2 aromatic rings. The van der Waals surface area contributed by atoms with Crippen LogP contribution in [0.4, 0.5) is 5.69 Å². The molecule has 0 spiro atoms. The van der Waals surface area contributed by atoms with Crippen LogP contribution in [0.2, 0.25) is 0 Å². The molecule has 154 valence electrons. The Morgan fingerprint density at radius 1 is 1.00 bits per heavy atom. The molecule has 1 heterocycles. The first-order valence-electron chi connectivity index (χ1n) is 10.5. The van der Waals surface area contributed by atoms with Crippen LogP contribution in [-0.4, -0.2) is 42.9 Å². The standard InChI is InChI=1S/C24H31N3O2/c1-19-6-5-9-22(16-19)26-24(29)17-23(28)25-18-21-11-14-27(15-12-21)13-10-20-7-3-2-4-8-20/h2-9,16,21H,10-15,17-18H2,1H3,(H,25,28)(H,26,29). The smallest absolute Gasteiger partial charge is 0.233 e. The third-order valence-corrected chi connectivity index (χ3v) is 5.48. The van der Waals surface area contributed by atoms with Crippen LogP contribution >= 0.6 is 0 Å². The predicted octanol–water partition coefficient (Wildman–Crippen LogP) is 3.39. The molecule has 0 bridgehead atoms. The molecule has 0 atom stereocenters. The first-order valence-corrected chi connectivity index (χ1v) is 10.5. The highest BCUT2D eigenvalue weighted by molar-refractivity contribution is 6.03. The predicted molar refractivity (Wildman–Crippen MR) is 117 cm³/mol. The van der Waals surface area contributed by atoms with E-state index in [0.29, 0.717) is 12.5 Å². The Morgan fingerprint density at radius 3 is 2.48 bits per heavy atom. The number of anilines is 1. The van der Waals surface area contributed by atoms with E-state index in [4.69, 9.17) is 0 Å². The lowest BCUT2D eigenvalue weighted by molar-refractivity contribution is -0.127. The highest BCUT2D eigenvalue weighted by Gasteiger charge is 2.20. The van der Waals surface area contributed by atoms with Crippen molar-refractivity contribution in [2.45, 2.75) is 32.6 Å². The molecule has 2 aromatic carbocycles. The summed E-state index contributed by atoms with van der Waals surface area (Å²) < 4.78 is 0. The van der Waals surface area contributed by atoms with E-state index in [1.807, 2.05) is 31.2 Å². The Balaban J connectivity index is 1.30. The number of hydrogen-bond acceptors (Lipinski definition) is 3. The van der Waals surface area contributed by atoms with E-state index in [2.05, 4.69) is 45.9 Å². The third kappa shape index (κ3) is 7.35. The minimum Gasteiger partial charge on any atom is -0.355 e. The van der Waals surface area contributed by atoms with Crippen LogP contribution in [0.15, 0.2) is 54.6 Å². The molecule has 5 heteroatoms. The zero-order chi connectivity index (χ0) is 20.5. The Kier molecular flexibility index (Phi) is 7.82. The second kappa shape index (κ2) is 10.8. The minimum absolute atomic E-state index is 0.135. The van der Waals surface area contributed by atoms with Crippen molar-refractivity contribution in [3.63, 3.8) is 0 Å². The van der Waals surface area contributed by atoms with Gasteiger partial charge in [0.1, 0.15) is 6.42 Å². The van der Waals surface area contributed by atoms with Crippen LogP contribution in [0.3, 0.4) is 0 Å². The van der Waals surface area contributed by atoms with Crippen molar-refractivity contribution >= 4 is 17.5 Å². The van der Waals surface area contributed by atoms with Crippen LogP contribution < -0.4 is 10.6 Å². The molecule has 3 rings (SSSR count). The molecule has 0 saturated carbocycles. The van der Waals surface area contributed by atoms with E-state index in [-0.39, 0.29) is 18.2 Å². The third-order valence-electron chi connectivity index (χ3n) is 5.48. The van der Waals surface area contributed by atoms with E-state index in [1.54, 1.807) is 0 Å². The second-order valence-electron chi connectivity index (χ2n) is 7.92. The number of carbonyl (C=O) groups excluding carboxylic acids is 2. The van der Waals surface area contributed by atoms with E-state index in [9.17, 15) is 9.59 Å². The molecule has 0 radical (unpaired) electrons. The van der Waals surface area contributed by atoms with Gasteiger partial charge in [0.2, 0.25) is 11.8 Å². The summed E-state index contributed by atoms with van der Waals surface area (Å²) in [6.07, 6.45) is 3.12. The van der Waals surface area contributed by atoms with Crippen LogP contribution in [0.1, 0.15) is 30.4 Å². The van der Waals surface area contributed by atoms with Crippen molar-refractivity contribution in [2.24, 2.45) is 5.92 Å². The fraction of sp³-hybridized carbons (Fsp3) is 0.417. The molecule has 1 saturated heterocycles. The zero-order valence-electron chi connectivity index (χ0n) is 17.2. The molecule has 1 aliphatic heterocycles. The normalized spacial score (nSPS) is 15.1. The summed E-state index contributed by atoms with van der Waals surface area (Å²) in [5.74, 6) is 0.0113. The maximum absolute atomic E-state index is 12.1. The highest BCUT2D eigenvalue weighted by atomic mass is 16.2. The fourth-order valence-corrected chi connectivity index (χ4v) is 3.74. The number of nitrogens with zero attached hydrogens (tertiary/aromatic N) is 1.